The van der Waals surface area contributed by atoms with Crippen LogP contribution in [-0.4, -0.2) is 133 Å². The fourth-order valence-corrected chi connectivity index (χ4v) is 10.2. The fraction of sp³-hybridized carbons (Fsp3) is 0.489. The number of fused-ring (bicyclic) bond motifs is 1. The van der Waals surface area contributed by atoms with Gasteiger partial charge in [0.15, 0.2) is 5.69 Å². The molecule has 0 saturated carbocycles. The van der Waals surface area contributed by atoms with E-state index in [9.17, 15) is 37.1 Å². The van der Waals surface area contributed by atoms with Crippen molar-refractivity contribution < 1.29 is 41.5 Å². The minimum Gasteiger partial charge on any atom is -0.371 e. The molecule has 9 rings (SSSR count). The molecular formula is C45H47F4N9O5. The summed E-state index contributed by atoms with van der Waals surface area (Å²) in [5, 5.41) is 11.3. The number of piperidine rings is 3. The van der Waals surface area contributed by atoms with E-state index in [-0.39, 0.29) is 35.3 Å². The van der Waals surface area contributed by atoms with Crippen molar-refractivity contribution in [1.29, 1.82) is 5.26 Å². The Balaban J connectivity index is 0.726. The number of likely N-dealkylation sites (tertiary alicyclic amines) is 1. The number of nitrogens with zero attached hydrogens (tertiary/aromatic N) is 8. The predicted octanol–water partition coefficient (Wildman–Crippen LogP) is 4.64. The molecule has 1 spiro atoms. The van der Waals surface area contributed by atoms with Crippen molar-refractivity contribution in [2.75, 3.05) is 86.7 Å². The van der Waals surface area contributed by atoms with Gasteiger partial charge in [-0.25, -0.2) is 9.37 Å². The van der Waals surface area contributed by atoms with Crippen LogP contribution in [-0.2, 0) is 15.8 Å². The number of rotatable bonds is 7. The van der Waals surface area contributed by atoms with Crippen molar-refractivity contribution in [2.45, 2.75) is 62.8 Å². The van der Waals surface area contributed by atoms with Crippen molar-refractivity contribution in [3.63, 3.8) is 0 Å². The molecule has 1 atom stereocenters. The van der Waals surface area contributed by atoms with Crippen LogP contribution in [0, 0.1) is 16.7 Å². The number of hydrogen-bond acceptors (Lipinski definition) is 11. The number of aromatic nitrogens is 1. The van der Waals surface area contributed by atoms with Crippen molar-refractivity contribution >= 4 is 46.6 Å². The van der Waals surface area contributed by atoms with Gasteiger partial charge in [0.1, 0.15) is 17.8 Å². The summed E-state index contributed by atoms with van der Waals surface area (Å²) in [6, 6.07) is 14.1. The van der Waals surface area contributed by atoms with Gasteiger partial charge in [-0.1, -0.05) is 0 Å². The second-order valence-electron chi connectivity index (χ2n) is 17.8. The first-order chi connectivity index (χ1) is 30.1. The maximum atomic E-state index is 16.3. The molecular weight excluding hydrogens is 823 g/mol. The second kappa shape index (κ2) is 16.2. The second-order valence-corrected chi connectivity index (χ2v) is 17.8. The highest BCUT2D eigenvalue weighted by atomic mass is 19.4. The Hall–Kier alpha value is -6.09. The summed E-state index contributed by atoms with van der Waals surface area (Å²) in [5.74, 6) is -2.29. The molecule has 2 aromatic carbocycles. The Morgan fingerprint density at radius 1 is 0.778 bits per heavy atom. The number of amides is 5. The first kappa shape index (κ1) is 42.2. The van der Waals surface area contributed by atoms with Crippen LogP contribution in [0.15, 0.2) is 54.7 Å². The number of imide groups is 2. The van der Waals surface area contributed by atoms with Gasteiger partial charge in [0.05, 0.1) is 28.6 Å². The van der Waals surface area contributed by atoms with Crippen LogP contribution < -0.4 is 20.0 Å². The Bertz CT molecular complexity index is 2380. The zero-order valence-corrected chi connectivity index (χ0v) is 34.6. The number of carbonyl (C=O) groups excluding carboxylic acids is 5. The van der Waals surface area contributed by atoms with Gasteiger partial charge < -0.3 is 19.6 Å². The van der Waals surface area contributed by atoms with Crippen LogP contribution in [0.4, 0.5) is 34.6 Å². The maximum Gasteiger partial charge on any atom is 0.419 e. The third-order valence-corrected chi connectivity index (χ3v) is 14.0. The number of benzene rings is 2. The first-order valence-electron chi connectivity index (χ1n) is 21.5. The molecule has 63 heavy (non-hydrogen) atoms. The molecule has 0 bridgehead atoms. The summed E-state index contributed by atoms with van der Waals surface area (Å²) in [6.07, 6.45) is -0.349. The maximum absolute atomic E-state index is 16.3. The highest BCUT2D eigenvalue weighted by Crippen LogP contribution is 2.43. The fourth-order valence-electron chi connectivity index (χ4n) is 10.2. The summed E-state index contributed by atoms with van der Waals surface area (Å²) in [5.41, 5.74) is -0.136. The molecule has 5 amide bonds. The number of alkyl halides is 4. The molecule has 0 aliphatic carbocycles. The number of nitrogens with one attached hydrogen (secondary N) is 1. The highest BCUT2D eigenvalue weighted by Gasteiger charge is 2.46. The zero-order valence-electron chi connectivity index (χ0n) is 34.6. The summed E-state index contributed by atoms with van der Waals surface area (Å²) >= 11 is 0. The van der Waals surface area contributed by atoms with E-state index in [2.05, 4.69) is 20.1 Å². The number of piperazine rings is 1. The summed E-state index contributed by atoms with van der Waals surface area (Å²) < 4.78 is 57.0. The van der Waals surface area contributed by atoms with E-state index in [0.29, 0.717) is 102 Å². The third-order valence-electron chi connectivity index (χ3n) is 14.0. The standard InChI is InChI=1S/C45H47F4N9O5/c46-44(12-17-54(18-13-44)31-5-6-33-34(23-31)42(63)58(41(33)62)37-7-8-38(59)52-39(37)60)28-53-19-21-55(22-20-53)30-3-1-29(2-4-30)40(61)56-14-9-43(10-15-56)11-16-57(27-43)32-24-35(45(47,48)49)36(25-50)51-26-32/h1-6,23-24,26,37H,7-22,27-28H2,(H,52,59,60). The molecule has 5 fully saturated rings. The molecule has 14 nitrogen and oxygen atoms in total. The van der Waals surface area contributed by atoms with E-state index in [1.807, 2.05) is 39.0 Å². The minimum absolute atomic E-state index is 0.0430. The third kappa shape index (κ3) is 8.18. The van der Waals surface area contributed by atoms with E-state index in [0.717, 1.165) is 35.9 Å². The topological polar surface area (TPSA) is 154 Å². The summed E-state index contributed by atoms with van der Waals surface area (Å²) in [6.45, 7) is 6.18. The molecule has 6 aliphatic rings. The minimum atomic E-state index is -4.67. The van der Waals surface area contributed by atoms with Gasteiger partial charge in [0, 0.05) is 108 Å². The molecule has 1 aromatic heterocycles. The van der Waals surface area contributed by atoms with Gasteiger partial charge >= 0.3 is 6.18 Å². The van der Waals surface area contributed by atoms with Crippen molar-refractivity contribution in [3.05, 3.63) is 82.7 Å². The molecule has 330 valence electrons. The smallest absolute Gasteiger partial charge is 0.371 e. The quantitative estimate of drug-likeness (QED) is 0.261. The van der Waals surface area contributed by atoms with Crippen LogP contribution in [0.3, 0.4) is 0 Å². The lowest BCUT2D eigenvalue weighted by Gasteiger charge is -2.43. The SMILES string of the molecule is N#Cc1ncc(N2CCC3(CCN(C(=O)c4ccc(N5CCN(CC6(F)CCN(c7ccc8c(c7)C(=O)N(C7CCC(=O)NC7=O)C8=O)CC6)CC5)cc4)CC3)C2)cc1C(F)(F)F. The van der Waals surface area contributed by atoms with Crippen LogP contribution in [0.5, 0.6) is 0 Å². The van der Waals surface area contributed by atoms with Gasteiger partial charge in [-0.2, -0.15) is 18.4 Å². The van der Waals surface area contributed by atoms with E-state index in [1.54, 1.807) is 18.2 Å². The van der Waals surface area contributed by atoms with Gasteiger partial charge in [-0.05, 0) is 79.6 Å². The van der Waals surface area contributed by atoms with Gasteiger partial charge in [-0.3, -0.25) is 39.1 Å². The molecule has 7 heterocycles. The molecule has 3 aromatic rings. The van der Waals surface area contributed by atoms with Crippen molar-refractivity contribution in [1.82, 2.24) is 25.0 Å². The highest BCUT2D eigenvalue weighted by molar-refractivity contribution is 6.23. The van der Waals surface area contributed by atoms with Gasteiger partial charge in [0.25, 0.3) is 17.7 Å². The predicted molar refractivity (Wildman–Crippen MR) is 222 cm³/mol. The number of anilines is 3. The van der Waals surface area contributed by atoms with Crippen LogP contribution in [0.25, 0.3) is 0 Å². The molecule has 1 unspecified atom stereocenters. The summed E-state index contributed by atoms with van der Waals surface area (Å²) in [4.78, 5) is 78.9. The number of halogens is 4. The Morgan fingerprint density at radius 2 is 1.41 bits per heavy atom. The monoisotopic (exact) mass is 869 g/mol. The number of pyridine rings is 1. The van der Waals surface area contributed by atoms with Crippen LogP contribution >= 0.6 is 0 Å². The molecule has 6 aliphatic heterocycles. The average molecular weight is 870 g/mol. The molecule has 18 heteroatoms. The van der Waals surface area contributed by atoms with Gasteiger partial charge in [0.2, 0.25) is 11.8 Å². The van der Waals surface area contributed by atoms with E-state index >= 15 is 4.39 Å². The lowest BCUT2D eigenvalue weighted by atomic mass is 9.77. The lowest BCUT2D eigenvalue weighted by Crippen LogP contribution is -2.54. The lowest BCUT2D eigenvalue weighted by molar-refractivity contribution is -0.138. The van der Waals surface area contributed by atoms with Crippen molar-refractivity contribution in [3.8, 4) is 6.07 Å². The molecule has 5 saturated heterocycles. The largest absolute Gasteiger partial charge is 0.419 e. The van der Waals surface area contributed by atoms with Crippen molar-refractivity contribution in [2.24, 2.45) is 5.41 Å². The van der Waals surface area contributed by atoms with Crippen LogP contribution in [0.1, 0.15) is 87.3 Å². The van der Waals surface area contributed by atoms with E-state index in [1.165, 1.54) is 12.3 Å². The molecule has 0 radical (unpaired) electrons. The number of hydrogen-bond donors (Lipinski definition) is 1. The summed E-state index contributed by atoms with van der Waals surface area (Å²) in [7, 11) is 0. The first-order valence-corrected chi connectivity index (χ1v) is 21.5. The van der Waals surface area contributed by atoms with E-state index < -0.39 is 52.8 Å². The molecule has 1 N–H and O–H groups in total. The number of nitriles is 1. The van der Waals surface area contributed by atoms with Crippen LogP contribution in [0.2, 0.25) is 0 Å². The zero-order chi connectivity index (χ0) is 44.3. The average Bonchev–Trinajstić information content (AvgIpc) is 3.80. The van der Waals surface area contributed by atoms with E-state index in [4.69, 9.17) is 5.26 Å². The number of carbonyl (C=O) groups is 5. The normalized spacial score (nSPS) is 22.7. The Morgan fingerprint density at radius 3 is 2.08 bits per heavy atom. The Kier molecular flexibility index (Phi) is 10.9. The van der Waals surface area contributed by atoms with Gasteiger partial charge in [-0.15, -0.1) is 0 Å². The Labute approximate surface area is 361 Å².